The van der Waals surface area contributed by atoms with E-state index >= 15 is 0 Å². The van der Waals surface area contributed by atoms with Gasteiger partial charge in [-0.05, 0) is 51.8 Å². The fourth-order valence-electron chi connectivity index (χ4n) is 3.14. The van der Waals surface area contributed by atoms with Crippen molar-refractivity contribution in [2.45, 2.75) is 50.6 Å². The molecular formula is C19H32ClN5O2S. The van der Waals surface area contributed by atoms with E-state index in [1.807, 2.05) is 6.92 Å². The van der Waals surface area contributed by atoms with E-state index in [1.165, 1.54) is 12.1 Å². The molecule has 158 valence electrons. The molecule has 1 aromatic rings. The van der Waals surface area contributed by atoms with Crippen molar-refractivity contribution < 1.29 is 8.42 Å². The van der Waals surface area contributed by atoms with E-state index in [-0.39, 0.29) is 11.4 Å². The molecule has 0 aromatic heterocycles. The molecule has 28 heavy (non-hydrogen) atoms. The van der Waals surface area contributed by atoms with Crippen LogP contribution in [0.15, 0.2) is 34.2 Å². The topological polar surface area (TPSA) is 85.8 Å². The van der Waals surface area contributed by atoms with E-state index < -0.39 is 10.0 Å². The van der Waals surface area contributed by atoms with Crippen LogP contribution in [0.1, 0.15) is 33.6 Å². The van der Waals surface area contributed by atoms with Gasteiger partial charge in [-0.3, -0.25) is 4.99 Å². The zero-order chi connectivity index (χ0) is 20.6. The van der Waals surface area contributed by atoms with Gasteiger partial charge >= 0.3 is 0 Å². The second-order valence-corrected chi connectivity index (χ2v) is 9.37. The molecule has 7 nitrogen and oxygen atoms in total. The molecule has 9 heteroatoms. The van der Waals surface area contributed by atoms with Gasteiger partial charge in [-0.25, -0.2) is 13.1 Å². The molecule has 1 saturated heterocycles. The fraction of sp³-hybridized carbons (Fsp3) is 0.632. The number of piperidine rings is 1. The predicted molar refractivity (Wildman–Crippen MR) is 115 cm³/mol. The SMILES string of the molecule is CCNC(=NCCNS(=O)(=O)c1cccc(Cl)c1)NC1CCN(C(C)C)CC1. The van der Waals surface area contributed by atoms with Crippen LogP contribution in [0.25, 0.3) is 0 Å². The van der Waals surface area contributed by atoms with E-state index in [1.54, 1.807) is 12.1 Å². The van der Waals surface area contributed by atoms with Gasteiger partial charge in [-0.1, -0.05) is 17.7 Å². The number of hydrogen-bond donors (Lipinski definition) is 3. The molecule has 0 unspecified atom stereocenters. The molecule has 0 aliphatic carbocycles. The number of halogens is 1. The molecular weight excluding hydrogens is 398 g/mol. The number of aliphatic imine (C=N–C) groups is 1. The normalized spacial score (nSPS) is 17.1. The number of guanidine groups is 1. The summed E-state index contributed by atoms with van der Waals surface area (Å²) in [6.07, 6.45) is 2.15. The van der Waals surface area contributed by atoms with Gasteiger partial charge in [0, 0.05) is 43.3 Å². The minimum atomic E-state index is -3.58. The number of rotatable bonds is 8. The summed E-state index contributed by atoms with van der Waals surface area (Å²) in [6.45, 7) is 9.94. The number of likely N-dealkylation sites (tertiary alicyclic amines) is 1. The van der Waals surface area contributed by atoms with Crippen molar-refractivity contribution >= 4 is 27.6 Å². The summed E-state index contributed by atoms with van der Waals surface area (Å²) in [5.41, 5.74) is 0. The van der Waals surface area contributed by atoms with E-state index in [4.69, 9.17) is 11.6 Å². The summed E-state index contributed by atoms with van der Waals surface area (Å²) in [5.74, 6) is 0.729. The molecule has 0 bridgehead atoms. The summed E-state index contributed by atoms with van der Waals surface area (Å²) >= 11 is 5.87. The first kappa shape index (κ1) is 22.9. The predicted octanol–water partition coefficient (Wildman–Crippen LogP) is 2.05. The Bertz CT molecular complexity index is 746. The van der Waals surface area contributed by atoms with Crippen LogP contribution < -0.4 is 15.4 Å². The highest BCUT2D eigenvalue weighted by molar-refractivity contribution is 7.89. The third kappa shape index (κ3) is 7.24. The first-order valence-corrected chi connectivity index (χ1v) is 11.7. The zero-order valence-electron chi connectivity index (χ0n) is 16.9. The Morgan fingerprint density at radius 2 is 2.04 bits per heavy atom. The summed E-state index contributed by atoms with van der Waals surface area (Å²) in [5, 5.41) is 7.09. The van der Waals surface area contributed by atoms with Gasteiger partial charge in [-0.2, -0.15) is 0 Å². The number of benzene rings is 1. The largest absolute Gasteiger partial charge is 0.357 e. The Morgan fingerprint density at radius 3 is 2.64 bits per heavy atom. The van der Waals surface area contributed by atoms with E-state index in [9.17, 15) is 8.42 Å². The zero-order valence-corrected chi connectivity index (χ0v) is 18.5. The summed E-state index contributed by atoms with van der Waals surface area (Å²) in [7, 11) is -3.58. The summed E-state index contributed by atoms with van der Waals surface area (Å²) in [4.78, 5) is 7.14. The number of nitrogens with zero attached hydrogens (tertiary/aromatic N) is 2. The van der Waals surface area contributed by atoms with Crippen molar-refractivity contribution in [3.05, 3.63) is 29.3 Å². The molecule has 1 fully saturated rings. The molecule has 0 spiro atoms. The Labute approximate surface area is 174 Å². The average Bonchev–Trinajstić information content (AvgIpc) is 2.66. The summed E-state index contributed by atoms with van der Waals surface area (Å²) < 4.78 is 27.2. The monoisotopic (exact) mass is 429 g/mol. The maximum Gasteiger partial charge on any atom is 0.240 e. The van der Waals surface area contributed by atoms with Gasteiger partial charge in [-0.15, -0.1) is 0 Å². The Morgan fingerprint density at radius 1 is 1.32 bits per heavy atom. The van der Waals surface area contributed by atoms with E-state index in [2.05, 4.69) is 39.1 Å². The fourth-order valence-corrected chi connectivity index (χ4v) is 4.46. The molecule has 0 radical (unpaired) electrons. The minimum Gasteiger partial charge on any atom is -0.357 e. The maximum atomic E-state index is 12.3. The lowest BCUT2D eigenvalue weighted by Crippen LogP contribution is -2.50. The molecule has 0 amide bonds. The second kappa shape index (κ2) is 11.0. The molecule has 3 N–H and O–H groups in total. The van der Waals surface area contributed by atoms with Crippen molar-refractivity contribution in [2.24, 2.45) is 4.99 Å². The van der Waals surface area contributed by atoms with Crippen molar-refractivity contribution in [1.29, 1.82) is 0 Å². The summed E-state index contributed by atoms with van der Waals surface area (Å²) in [6, 6.07) is 7.18. The van der Waals surface area contributed by atoms with Crippen LogP contribution >= 0.6 is 11.6 Å². The van der Waals surface area contributed by atoms with Gasteiger partial charge in [0.15, 0.2) is 5.96 Å². The number of hydrogen-bond acceptors (Lipinski definition) is 4. The Kier molecular flexibility index (Phi) is 9.01. The van der Waals surface area contributed by atoms with Crippen LogP contribution in [0.5, 0.6) is 0 Å². The van der Waals surface area contributed by atoms with Gasteiger partial charge in [0.1, 0.15) is 0 Å². The van der Waals surface area contributed by atoms with Crippen LogP contribution in [0, 0.1) is 0 Å². The van der Waals surface area contributed by atoms with Gasteiger partial charge in [0.25, 0.3) is 0 Å². The quantitative estimate of drug-likeness (QED) is 0.334. The molecule has 1 aliphatic rings. The van der Waals surface area contributed by atoms with Crippen LogP contribution in [0.2, 0.25) is 5.02 Å². The highest BCUT2D eigenvalue weighted by Crippen LogP contribution is 2.15. The molecule has 0 atom stereocenters. The number of sulfonamides is 1. The third-order valence-corrected chi connectivity index (χ3v) is 6.42. The first-order chi connectivity index (χ1) is 13.3. The Balaban J connectivity index is 1.84. The lowest BCUT2D eigenvalue weighted by atomic mass is 10.0. The highest BCUT2D eigenvalue weighted by Gasteiger charge is 2.21. The van der Waals surface area contributed by atoms with Crippen molar-refractivity contribution in [3.8, 4) is 0 Å². The van der Waals surface area contributed by atoms with Gasteiger partial charge in [0.2, 0.25) is 10.0 Å². The van der Waals surface area contributed by atoms with Crippen LogP contribution in [-0.2, 0) is 10.0 Å². The van der Waals surface area contributed by atoms with Gasteiger partial charge < -0.3 is 15.5 Å². The third-order valence-electron chi connectivity index (χ3n) is 4.73. The smallest absolute Gasteiger partial charge is 0.240 e. The highest BCUT2D eigenvalue weighted by atomic mass is 35.5. The first-order valence-electron chi connectivity index (χ1n) is 9.86. The Hall–Kier alpha value is -1.35. The lowest BCUT2D eigenvalue weighted by molar-refractivity contribution is 0.167. The molecule has 1 heterocycles. The van der Waals surface area contributed by atoms with Crippen LogP contribution in [0.3, 0.4) is 0 Å². The number of nitrogens with one attached hydrogen (secondary N) is 3. The minimum absolute atomic E-state index is 0.158. The lowest BCUT2D eigenvalue weighted by Gasteiger charge is -2.35. The van der Waals surface area contributed by atoms with E-state index in [0.717, 1.165) is 38.4 Å². The average molecular weight is 430 g/mol. The van der Waals surface area contributed by atoms with Crippen LogP contribution in [0.4, 0.5) is 0 Å². The second-order valence-electron chi connectivity index (χ2n) is 7.16. The van der Waals surface area contributed by atoms with E-state index in [0.29, 0.717) is 23.7 Å². The van der Waals surface area contributed by atoms with Crippen molar-refractivity contribution in [1.82, 2.24) is 20.3 Å². The standard InChI is InChI=1S/C19H32ClN5O2S/c1-4-21-19(24-17-8-12-25(13-9-17)15(2)3)22-10-11-23-28(26,27)18-7-5-6-16(20)14-18/h5-7,14-15,17,23H,4,8-13H2,1-3H3,(H2,21,22,24). The van der Waals surface area contributed by atoms with Crippen molar-refractivity contribution in [3.63, 3.8) is 0 Å². The molecule has 1 aliphatic heterocycles. The maximum absolute atomic E-state index is 12.3. The molecule has 0 saturated carbocycles. The van der Waals surface area contributed by atoms with Crippen LogP contribution in [-0.4, -0.2) is 64.1 Å². The van der Waals surface area contributed by atoms with Crippen molar-refractivity contribution in [2.75, 3.05) is 32.7 Å². The molecule has 1 aromatic carbocycles. The molecule has 2 rings (SSSR count). The van der Waals surface area contributed by atoms with Gasteiger partial charge in [0.05, 0.1) is 11.4 Å².